The van der Waals surface area contributed by atoms with Gasteiger partial charge in [-0.25, -0.2) is 4.98 Å². The van der Waals surface area contributed by atoms with Gasteiger partial charge in [-0.05, 0) is 19.9 Å². The number of aromatic nitrogens is 2. The van der Waals surface area contributed by atoms with Crippen LogP contribution in [0.5, 0.6) is 0 Å². The molecule has 0 aromatic carbocycles. The van der Waals surface area contributed by atoms with Crippen molar-refractivity contribution >= 4 is 0 Å². The zero-order valence-electron chi connectivity index (χ0n) is 8.72. The van der Waals surface area contributed by atoms with E-state index in [-0.39, 0.29) is 0 Å². The smallest absolute Gasteiger partial charge is 0.110 e. The topological polar surface area (TPSA) is 40.7 Å². The van der Waals surface area contributed by atoms with Crippen LogP contribution in [-0.2, 0) is 6.42 Å². The van der Waals surface area contributed by atoms with Crippen molar-refractivity contribution in [2.45, 2.75) is 32.6 Å². The first-order valence-corrected chi connectivity index (χ1v) is 5.00. The molecule has 0 bridgehead atoms. The van der Waals surface area contributed by atoms with E-state index in [2.05, 4.69) is 29.1 Å². The number of rotatable bonds is 5. The van der Waals surface area contributed by atoms with Crippen molar-refractivity contribution in [2.24, 2.45) is 0 Å². The number of H-pyrrole nitrogens is 1. The van der Waals surface area contributed by atoms with Gasteiger partial charge in [0.1, 0.15) is 5.82 Å². The molecular weight excluding hydrogens is 162 g/mol. The molecule has 2 N–H and O–H groups in total. The first-order valence-electron chi connectivity index (χ1n) is 5.00. The lowest BCUT2D eigenvalue weighted by Gasteiger charge is -2.10. The van der Waals surface area contributed by atoms with Gasteiger partial charge in [0, 0.05) is 24.4 Å². The van der Waals surface area contributed by atoms with Crippen molar-refractivity contribution in [3.05, 3.63) is 17.7 Å². The Kier molecular flexibility index (Phi) is 3.96. The van der Waals surface area contributed by atoms with Crippen LogP contribution in [-0.4, -0.2) is 23.6 Å². The van der Waals surface area contributed by atoms with E-state index in [4.69, 9.17) is 0 Å². The SMILES string of the molecule is CCc1cnc(C(CC)CNC)[nH]1. The van der Waals surface area contributed by atoms with Gasteiger partial charge < -0.3 is 10.3 Å². The molecule has 0 amide bonds. The molecule has 1 rings (SSSR count). The van der Waals surface area contributed by atoms with Crippen LogP contribution in [0.2, 0.25) is 0 Å². The summed E-state index contributed by atoms with van der Waals surface area (Å²) in [7, 11) is 1.98. The fourth-order valence-corrected chi connectivity index (χ4v) is 1.44. The number of hydrogen-bond acceptors (Lipinski definition) is 2. The summed E-state index contributed by atoms with van der Waals surface area (Å²) in [5.41, 5.74) is 1.23. The van der Waals surface area contributed by atoms with Crippen LogP contribution in [0.3, 0.4) is 0 Å². The molecular formula is C10H19N3. The molecule has 3 heteroatoms. The highest BCUT2D eigenvalue weighted by Gasteiger charge is 2.11. The van der Waals surface area contributed by atoms with E-state index >= 15 is 0 Å². The van der Waals surface area contributed by atoms with E-state index in [1.165, 1.54) is 5.69 Å². The largest absolute Gasteiger partial charge is 0.346 e. The molecule has 0 saturated carbocycles. The number of imidazole rings is 1. The highest BCUT2D eigenvalue weighted by molar-refractivity contribution is 5.05. The molecule has 3 nitrogen and oxygen atoms in total. The summed E-state index contributed by atoms with van der Waals surface area (Å²) in [6.07, 6.45) is 4.09. The zero-order chi connectivity index (χ0) is 9.68. The maximum Gasteiger partial charge on any atom is 0.110 e. The number of likely N-dealkylation sites (N-methyl/N-ethyl adjacent to an activating group) is 1. The fourth-order valence-electron chi connectivity index (χ4n) is 1.44. The Labute approximate surface area is 80.0 Å². The number of aromatic amines is 1. The molecule has 0 aliphatic rings. The molecule has 0 radical (unpaired) electrons. The van der Waals surface area contributed by atoms with Gasteiger partial charge in [0.05, 0.1) is 0 Å². The van der Waals surface area contributed by atoms with Crippen molar-refractivity contribution in [3.8, 4) is 0 Å². The Bertz CT molecular complexity index is 242. The summed E-state index contributed by atoms with van der Waals surface area (Å²) in [6.45, 7) is 5.32. The first kappa shape index (κ1) is 10.3. The van der Waals surface area contributed by atoms with Gasteiger partial charge in [-0.15, -0.1) is 0 Å². The standard InChI is InChI=1S/C10H19N3/c1-4-8(6-11-3)10-12-7-9(5-2)13-10/h7-8,11H,4-6H2,1-3H3,(H,12,13). The third kappa shape index (κ3) is 2.56. The van der Waals surface area contributed by atoms with Crippen molar-refractivity contribution in [1.82, 2.24) is 15.3 Å². The second-order valence-electron chi connectivity index (χ2n) is 3.31. The number of nitrogens with zero attached hydrogens (tertiary/aromatic N) is 1. The molecule has 1 heterocycles. The van der Waals surface area contributed by atoms with Crippen LogP contribution in [0.4, 0.5) is 0 Å². The quantitative estimate of drug-likeness (QED) is 0.725. The van der Waals surface area contributed by atoms with Gasteiger partial charge in [-0.1, -0.05) is 13.8 Å². The predicted molar refractivity (Wildman–Crippen MR) is 54.9 cm³/mol. The van der Waals surface area contributed by atoms with E-state index in [9.17, 15) is 0 Å². The van der Waals surface area contributed by atoms with Crippen LogP contribution in [0.25, 0.3) is 0 Å². The van der Waals surface area contributed by atoms with E-state index in [1.807, 2.05) is 13.2 Å². The Hall–Kier alpha value is -0.830. The molecule has 1 atom stereocenters. The Morgan fingerprint density at radius 2 is 2.31 bits per heavy atom. The molecule has 1 unspecified atom stereocenters. The molecule has 74 valence electrons. The number of hydrogen-bond donors (Lipinski definition) is 2. The Balaban J connectivity index is 2.67. The summed E-state index contributed by atoms with van der Waals surface area (Å²) in [4.78, 5) is 7.73. The second kappa shape index (κ2) is 5.02. The summed E-state index contributed by atoms with van der Waals surface area (Å²) < 4.78 is 0. The van der Waals surface area contributed by atoms with Crippen LogP contribution in [0, 0.1) is 0 Å². The third-order valence-electron chi connectivity index (χ3n) is 2.36. The van der Waals surface area contributed by atoms with Crippen LogP contribution < -0.4 is 5.32 Å². The maximum atomic E-state index is 4.38. The molecule has 1 aromatic rings. The van der Waals surface area contributed by atoms with Crippen molar-refractivity contribution in [1.29, 1.82) is 0 Å². The van der Waals surface area contributed by atoms with E-state index in [1.54, 1.807) is 0 Å². The van der Waals surface area contributed by atoms with Crippen LogP contribution >= 0.6 is 0 Å². The van der Waals surface area contributed by atoms with Gasteiger partial charge in [-0.2, -0.15) is 0 Å². The molecule has 0 aliphatic carbocycles. The average Bonchev–Trinajstić information content (AvgIpc) is 2.62. The van der Waals surface area contributed by atoms with E-state index in [0.717, 1.165) is 25.2 Å². The Morgan fingerprint density at radius 3 is 2.77 bits per heavy atom. The van der Waals surface area contributed by atoms with E-state index in [0.29, 0.717) is 5.92 Å². The summed E-state index contributed by atoms with van der Waals surface area (Å²) in [5.74, 6) is 1.64. The monoisotopic (exact) mass is 181 g/mol. The summed E-state index contributed by atoms with van der Waals surface area (Å²) in [6, 6.07) is 0. The van der Waals surface area contributed by atoms with Gasteiger partial charge >= 0.3 is 0 Å². The average molecular weight is 181 g/mol. The normalized spacial score (nSPS) is 13.2. The molecule has 13 heavy (non-hydrogen) atoms. The van der Waals surface area contributed by atoms with Gasteiger partial charge in [0.2, 0.25) is 0 Å². The minimum Gasteiger partial charge on any atom is -0.346 e. The fraction of sp³-hybridized carbons (Fsp3) is 0.700. The van der Waals surface area contributed by atoms with Crippen LogP contribution in [0.15, 0.2) is 6.20 Å². The lowest BCUT2D eigenvalue weighted by molar-refractivity contribution is 0.584. The first-order chi connectivity index (χ1) is 6.31. The minimum absolute atomic E-state index is 0.519. The lowest BCUT2D eigenvalue weighted by Crippen LogP contribution is -2.17. The lowest BCUT2D eigenvalue weighted by atomic mass is 10.1. The molecule has 0 fully saturated rings. The summed E-state index contributed by atoms with van der Waals surface area (Å²) >= 11 is 0. The maximum absolute atomic E-state index is 4.38. The summed E-state index contributed by atoms with van der Waals surface area (Å²) in [5, 5.41) is 3.18. The Morgan fingerprint density at radius 1 is 1.54 bits per heavy atom. The van der Waals surface area contributed by atoms with Gasteiger partial charge in [0.25, 0.3) is 0 Å². The van der Waals surface area contributed by atoms with Crippen molar-refractivity contribution < 1.29 is 0 Å². The molecule has 0 aliphatic heterocycles. The molecule has 0 spiro atoms. The predicted octanol–water partition coefficient (Wildman–Crippen LogP) is 1.69. The van der Waals surface area contributed by atoms with Gasteiger partial charge in [0.15, 0.2) is 0 Å². The van der Waals surface area contributed by atoms with Crippen LogP contribution in [0.1, 0.15) is 37.7 Å². The third-order valence-corrected chi connectivity index (χ3v) is 2.36. The van der Waals surface area contributed by atoms with Crippen molar-refractivity contribution in [3.63, 3.8) is 0 Å². The van der Waals surface area contributed by atoms with Crippen molar-refractivity contribution in [2.75, 3.05) is 13.6 Å². The highest BCUT2D eigenvalue weighted by atomic mass is 14.9. The highest BCUT2D eigenvalue weighted by Crippen LogP contribution is 2.14. The number of nitrogens with one attached hydrogen (secondary N) is 2. The zero-order valence-corrected chi connectivity index (χ0v) is 8.72. The molecule has 1 aromatic heterocycles. The van der Waals surface area contributed by atoms with E-state index < -0.39 is 0 Å². The van der Waals surface area contributed by atoms with Gasteiger partial charge in [-0.3, -0.25) is 0 Å². The minimum atomic E-state index is 0.519. The second-order valence-corrected chi connectivity index (χ2v) is 3.31. The number of aryl methyl sites for hydroxylation is 1. The molecule has 0 saturated heterocycles.